The number of nitrogens with one attached hydrogen (secondary N) is 3. The average Bonchev–Trinajstić information content (AvgIpc) is 2.78. The molecule has 0 aliphatic carbocycles. The van der Waals surface area contributed by atoms with E-state index in [9.17, 15) is 39.3 Å². The molecule has 3 amide bonds. The third-order valence-electron chi connectivity index (χ3n) is 5.30. The lowest BCUT2D eigenvalue weighted by atomic mass is 10.0. The van der Waals surface area contributed by atoms with Gasteiger partial charge in [0.05, 0.1) is 12.1 Å². The van der Waals surface area contributed by atoms with Crippen LogP contribution in [0.15, 0.2) is 24.3 Å². The van der Waals surface area contributed by atoms with Gasteiger partial charge in [-0.25, -0.2) is 4.79 Å². The van der Waals surface area contributed by atoms with Crippen LogP contribution in [0, 0.1) is 5.92 Å². The number of amides is 3. The first-order valence-corrected chi connectivity index (χ1v) is 11.3. The lowest BCUT2D eigenvalue weighted by molar-refractivity contribution is -0.144. The Balaban J connectivity index is 2.97. The molecule has 0 aliphatic heterocycles. The van der Waals surface area contributed by atoms with E-state index in [1.54, 1.807) is 26.0 Å². The van der Waals surface area contributed by atoms with Gasteiger partial charge in [0.25, 0.3) is 0 Å². The summed E-state index contributed by atoms with van der Waals surface area (Å²) in [5.41, 5.74) is 6.55. The van der Waals surface area contributed by atoms with E-state index < -0.39 is 72.3 Å². The fourth-order valence-corrected chi connectivity index (χ4v) is 3.21. The number of benzene rings is 1. The largest absolute Gasteiger partial charge is 0.508 e. The van der Waals surface area contributed by atoms with Crippen LogP contribution in [0.2, 0.25) is 0 Å². The topological polar surface area (TPSA) is 228 Å². The zero-order valence-corrected chi connectivity index (χ0v) is 20.3. The number of aliphatic hydroxyl groups excluding tert-OH is 1. The summed E-state index contributed by atoms with van der Waals surface area (Å²) in [5, 5.41) is 44.6. The standard InChI is InChI=1S/C23H34N4O9/c1-11(2)18(23(35)36)26-22(34)19(12(3)28)27-21(33)16(8-9-17(30)31)25-20(32)15(24)10-13-4-6-14(29)7-5-13/h4-7,11-12,15-16,18-19,28-29H,8-10,24H2,1-3H3,(H,25,32)(H,26,34)(H,27,33)(H,30,31)(H,35,36). The molecule has 1 aromatic carbocycles. The van der Waals surface area contributed by atoms with Gasteiger partial charge in [0.1, 0.15) is 23.9 Å². The van der Waals surface area contributed by atoms with Crippen molar-refractivity contribution in [3.8, 4) is 5.75 Å². The normalized spacial score (nSPS) is 15.2. The quantitative estimate of drug-likeness (QED) is 0.147. The molecule has 9 N–H and O–H groups in total. The predicted molar refractivity (Wildman–Crippen MR) is 127 cm³/mol. The summed E-state index contributed by atoms with van der Waals surface area (Å²) in [4.78, 5) is 60.6. The Morgan fingerprint density at radius 2 is 1.42 bits per heavy atom. The van der Waals surface area contributed by atoms with Crippen molar-refractivity contribution in [3.63, 3.8) is 0 Å². The molecule has 200 valence electrons. The van der Waals surface area contributed by atoms with Crippen LogP contribution in [0.25, 0.3) is 0 Å². The van der Waals surface area contributed by atoms with Crippen molar-refractivity contribution in [2.45, 2.75) is 70.3 Å². The van der Waals surface area contributed by atoms with E-state index >= 15 is 0 Å². The van der Waals surface area contributed by atoms with Crippen molar-refractivity contribution >= 4 is 29.7 Å². The number of nitrogens with two attached hydrogens (primary N) is 1. The van der Waals surface area contributed by atoms with E-state index in [1.165, 1.54) is 19.1 Å². The molecule has 0 aliphatic rings. The van der Waals surface area contributed by atoms with E-state index in [0.717, 1.165) is 0 Å². The number of carboxylic acids is 2. The first-order valence-electron chi connectivity index (χ1n) is 11.3. The smallest absolute Gasteiger partial charge is 0.326 e. The minimum Gasteiger partial charge on any atom is -0.508 e. The van der Waals surface area contributed by atoms with Crippen LogP contribution < -0.4 is 21.7 Å². The number of carbonyl (C=O) groups is 5. The maximum absolute atomic E-state index is 12.9. The molecule has 0 saturated heterocycles. The van der Waals surface area contributed by atoms with Crippen LogP contribution in [-0.2, 0) is 30.4 Å². The van der Waals surface area contributed by atoms with Gasteiger partial charge in [0.15, 0.2) is 0 Å². The molecule has 0 spiro atoms. The number of hydrogen-bond donors (Lipinski definition) is 8. The van der Waals surface area contributed by atoms with Gasteiger partial charge in [-0.1, -0.05) is 26.0 Å². The fourth-order valence-electron chi connectivity index (χ4n) is 3.21. The molecule has 5 unspecified atom stereocenters. The summed E-state index contributed by atoms with van der Waals surface area (Å²) in [6.45, 7) is 4.33. The maximum Gasteiger partial charge on any atom is 0.326 e. The van der Waals surface area contributed by atoms with Crippen LogP contribution >= 0.6 is 0 Å². The lowest BCUT2D eigenvalue weighted by Crippen LogP contribution is -2.60. The van der Waals surface area contributed by atoms with Crippen molar-refractivity contribution in [3.05, 3.63) is 29.8 Å². The van der Waals surface area contributed by atoms with Crippen molar-refractivity contribution < 1.29 is 44.4 Å². The molecular formula is C23H34N4O9. The van der Waals surface area contributed by atoms with Crippen LogP contribution in [-0.4, -0.2) is 80.4 Å². The van der Waals surface area contributed by atoms with Gasteiger partial charge in [-0.15, -0.1) is 0 Å². The molecule has 5 atom stereocenters. The zero-order valence-electron chi connectivity index (χ0n) is 20.3. The minimum absolute atomic E-state index is 0.0296. The minimum atomic E-state index is -1.58. The van der Waals surface area contributed by atoms with Crippen molar-refractivity contribution in [2.75, 3.05) is 0 Å². The highest BCUT2D eigenvalue weighted by atomic mass is 16.4. The first-order chi connectivity index (χ1) is 16.7. The molecule has 1 aromatic rings. The summed E-state index contributed by atoms with van der Waals surface area (Å²) in [5.74, 6) is -5.69. The van der Waals surface area contributed by atoms with E-state index in [1.807, 2.05) is 0 Å². The second-order valence-corrected chi connectivity index (χ2v) is 8.77. The summed E-state index contributed by atoms with van der Waals surface area (Å²) < 4.78 is 0. The molecule has 13 nitrogen and oxygen atoms in total. The first kappa shape index (κ1) is 30.3. The number of hydrogen-bond acceptors (Lipinski definition) is 8. The van der Waals surface area contributed by atoms with Gasteiger partial charge in [-0.05, 0) is 43.4 Å². The van der Waals surface area contributed by atoms with Crippen molar-refractivity contribution in [2.24, 2.45) is 11.7 Å². The summed E-state index contributed by atoms with van der Waals surface area (Å²) in [6.07, 6.45) is -2.21. The van der Waals surface area contributed by atoms with E-state index in [-0.39, 0.29) is 18.6 Å². The van der Waals surface area contributed by atoms with Gasteiger partial charge in [0, 0.05) is 6.42 Å². The van der Waals surface area contributed by atoms with Crippen LogP contribution in [0.4, 0.5) is 0 Å². The summed E-state index contributed by atoms with van der Waals surface area (Å²) in [7, 11) is 0. The highest BCUT2D eigenvalue weighted by molar-refractivity contribution is 5.94. The molecule has 0 radical (unpaired) electrons. The van der Waals surface area contributed by atoms with Crippen LogP contribution in [0.3, 0.4) is 0 Å². The monoisotopic (exact) mass is 510 g/mol. The summed E-state index contributed by atoms with van der Waals surface area (Å²) in [6, 6.07) is 0.567. The number of carboxylic acid groups (broad SMARTS) is 2. The van der Waals surface area contributed by atoms with E-state index in [2.05, 4.69) is 16.0 Å². The van der Waals surface area contributed by atoms with Crippen molar-refractivity contribution in [1.29, 1.82) is 0 Å². The Morgan fingerprint density at radius 1 is 0.861 bits per heavy atom. The number of aliphatic carboxylic acids is 2. The fraction of sp³-hybridized carbons (Fsp3) is 0.522. The molecule has 0 heterocycles. The molecule has 0 fully saturated rings. The third kappa shape index (κ3) is 9.88. The van der Waals surface area contributed by atoms with Crippen LogP contribution in [0.5, 0.6) is 5.75 Å². The summed E-state index contributed by atoms with van der Waals surface area (Å²) >= 11 is 0. The number of aromatic hydroxyl groups is 1. The van der Waals surface area contributed by atoms with Crippen molar-refractivity contribution in [1.82, 2.24) is 16.0 Å². The third-order valence-corrected chi connectivity index (χ3v) is 5.30. The molecule has 0 aromatic heterocycles. The number of carbonyl (C=O) groups excluding carboxylic acids is 3. The SMILES string of the molecule is CC(C)C(NC(=O)C(NC(=O)C(CCC(=O)O)NC(=O)C(N)Cc1ccc(O)cc1)C(C)O)C(=O)O. The van der Waals surface area contributed by atoms with Gasteiger partial charge in [-0.2, -0.15) is 0 Å². The Morgan fingerprint density at radius 3 is 1.89 bits per heavy atom. The Bertz CT molecular complexity index is 934. The number of rotatable bonds is 14. The van der Waals surface area contributed by atoms with Crippen LogP contribution in [0.1, 0.15) is 39.2 Å². The molecule has 36 heavy (non-hydrogen) atoms. The Kier molecular flexibility index (Phi) is 11.8. The maximum atomic E-state index is 12.9. The van der Waals surface area contributed by atoms with Gasteiger partial charge < -0.3 is 42.1 Å². The van der Waals surface area contributed by atoms with Gasteiger partial charge in [0.2, 0.25) is 17.7 Å². The number of phenolic OH excluding ortho intramolecular Hbond substituents is 1. The second kappa shape index (κ2) is 14.0. The lowest BCUT2D eigenvalue weighted by Gasteiger charge is -2.27. The Hall–Kier alpha value is -3.71. The highest BCUT2D eigenvalue weighted by Crippen LogP contribution is 2.11. The molecule has 1 rings (SSSR count). The van der Waals surface area contributed by atoms with E-state index in [4.69, 9.17) is 10.8 Å². The number of aliphatic hydroxyl groups is 1. The predicted octanol–water partition coefficient (Wildman–Crippen LogP) is -1.30. The average molecular weight is 511 g/mol. The molecular weight excluding hydrogens is 476 g/mol. The molecule has 0 bridgehead atoms. The van der Waals surface area contributed by atoms with Gasteiger partial charge >= 0.3 is 11.9 Å². The Labute approximate surface area is 208 Å². The zero-order chi connectivity index (χ0) is 27.6. The number of phenols is 1. The molecule has 0 saturated carbocycles. The molecule has 13 heteroatoms. The van der Waals surface area contributed by atoms with Gasteiger partial charge in [-0.3, -0.25) is 19.2 Å². The van der Waals surface area contributed by atoms with E-state index in [0.29, 0.717) is 5.56 Å². The highest BCUT2D eigenvalue weighted by Gasteiger charge is 2.33. The second-order valence-electron chi connectivity index (χ2n) is 8.77.